The lowest BCUT2D eigenvalue weighted by Crippen LogP contribution is -2.28. The molecular weight excluding hydrogens is 426 g/mol. The van der Waals surface area contributed by atoms with Crippen LogP contribution in [-0.2, 0) is 18.9 Å². The van der Waals surface area contributed by atoms with Crippen molar-refractivity contribution in [1.29, 1.82) is 0 Å². The van der Waals surface area contributed by atoms with Crippen LogP contribution in [0.1, 0.15) is 6.92 Å². The van der Waals surface area contributed by atoms with Gasteiger partial charge in [0, 0.05) is 25.9 Å². The standard InChI is InChI=1S/C24H35N3O6/c1-3-27(11-12-30-15-16-32-18-17-31-14-13-29-2)20-9-10-22(25)23(19-20)26-24(28)33-21-7-5-4-6-8-21/h4-10,19H,3,11-18,25H2,1-2H3,(H,26,28). The number of ether oxygens (including phenoxy) is 5. The second-order valence-corrected chi connectivity index (χ2v) is 7.01. The van der Waals surface area contributed by atoms with Gasteiger partial charge in [0.2, 0.25) is 0 Å². The third-order valence-corrected chi connectivity index (χ3v) is 4.66. The molecule has 0 aliphatic heterocycles. The van der Waals surface area contributed by atoms with Gasteiger partial charge in [0.25, 0.3) is 0 Å². The highest BCUT2D eigenvalue weighted by molar-refractivity contribution is 5.91. The van der Waals surface area contributed by atoms with Gasteiger partial charge < -0.3 is 34.3 Å². The number of amides is 1. The van der Waals surface area contributed by atoms with E-state index in [1.165, 1.54) is 0 Å². The Kier molecular flexibility index (Phi) is 12.7. The fourth-order valence-electron chi connectivity index (χ4n) is 2.91. The van der Waals surface area contributed by atoms with Crippen molar-refractivity contribution >= 4 is 23.2 Å². The third-order valence-electron chi connectivity index (χ3n) is 4.66. The van der Waals surface area contributed by atoms with Crippen molar-refractivity contribution in [3.63, 3.8) is 0 Å². The third kappa shape index (κ3) is 10.5. The molecular formula is C24H35N3O6. The molecule has 0 aliphatic rings. The molecule has 9 nitrogen and oxygen atoms in total. The number of nitrogens with two attached hydrogens (primary N) is 1. The van der Waals surface area contributed by atoms with Crippen LogP contribution in [0.5, 0.6) is 5.75 Å². The van der Waals surface area contributed by atoms with Crippen molar-refractivity contribution in [2.24, 2.45) is 0 Å². The van der Waals surface area contributed by atoms with Crippen LogP contribution >= 0.6 is 0 Å². The second-order valence-electron chi connectivity index (χ2n) is 7.01. The van der Waals surface area contributed by atoms with Gasteiger partial charge in [-0.3, -0.25) is 5.32 Å². The van der Waals surface area contributed by atoms with Crippen molar-refractivity contribution < 1.29 is 28.5 Å². The number of carbonyl (C=O) groups excluding carboxylic acids is 1. The zero-order valence-corrected chi connectivity index (χ0v) is 19.5. The Hall–Kier alpha value is -2.85. The average Bonchev–Trinajstić information content (AvgIpc) is 2.82. The summed E-state index contributed by atoms with van der Waals surface area (Å²) < 4.78 is 26.7. The fourth-order valence-corrected chi connectivity index (χ4v) is 2.91. The van der Waals surface area contributed by atoms with E-state index in [1.54, 1.807) is 37.4 Å². The monoisotopic (exact) mass is 461 g/mol. The SMILES string of the molecule is CCN(CCOCCOCCOCCOC)c1ccc(N)c(NC(=O)Oc2ccccc2)c1. The second kappa shape index (κ2) is 15.9. The van der Waals surface area contributed by atoms with Gasteiger partial charge >= 0.3 is 6.09 Å². The van der Waals surface area contributed by atoms with Crippen LogP contribution in [0.25, 0.3) is 0 Å². The number of likely N-dealkylation sites (N-methyl/N-ethyl adjacent to an activating group) is 1. The highest BCUT2D eigenvalue weighted by Crippen LogP contribution is 2.26. The summed E-state index contributed by atoms with van der Waals surface area (Å²) in [6.07, 6.45) is -0.597. The largest absolute Gasteiger partial charge is 0.417 e. The van der Waals surface area contributed by atoms with Gasteiger partial charge in [-0.25, -0.2) is 4.79 Å². The van der Waals surface area contributed by atoms with Crippen molar-refractivity contribution in [2.75, 3.05) is 82.4 Å². The molecule has 0 saturated heterocycles. The van der Waals surface area contributed by atoms with E-state index in [4.69, 9.17) is 29.4 Å². The summed E-state index contributed by atoms with van der Waals surface area (Å²) in [4.78, 5) is 14.4. The van der Waals surface area contributed by atoms with Crippen LogP contribution in [-0.4, -0.2) is 72.5 Å². The van der Waals surface area contributed by atoms with E-state index in [1.807, 2.05) is 18.2 Å². The first kappa shape index (κ1) is 26.4. The lowest BCUT2D eigenvalue weighted by molar-refractivity contribution is 0.00457. The summed E-state index contributed by atoms with van der Waals surface area (Å²) in [5, 5.41) is 2.71. The molecule has 2 rings (SSSR count). The normalized spacial score (nSPS) is 10.7. The van der Waals surface area contributed by atoms with Crippen LogP contribution in [0, 0.1) is 0 Å². The van der Waals surface area contributed by atoms with Crippen molar-refractivity contribution in [3.8, 4) is 5.75 Å². The summed E-state index contributed by atoms with van der Waals surface area (Å²) in [6, 6.07) is 14.4. The number of anilines is 3. The summed E-state index contributed by atoms with van der Waals surface area (Å²) in [6.45, 7) is 7.31. The minimum absolute atomic E-state index is 0.458. The molecule has 2 aromatic carbocycles. The molecule has 0 atom stereocenters. The fraction of sp³-hybridized carbons (Fsp3) is 0.458. The molecule has 182 valence electrons. The van der Waals surface area contributed by atoms with E-state index in [0.717, 1.165) is 12.2 Å². The number of hydrogen-bond donors (Lipinski definition) is 2. The summed E-state index contributed by atoms with van der Waals surface area (Å²) in [5.41, 5.74) is 7.92. The van der Waals surface area contributed by atoms with Gasteiger partial charge in [-0.1, -0.05) is 18.2 Å². The van der Waals surface area contributed by atoms with E-state index in [-0.39, 0.29) is 0 Å². The Labute approximate surface area is 195 Å². The molecule has 9 heteroatoms. The molecule has 0 radical (unpaired) electrons. The Balaban J connectivity index is 1.72. The topological polar surface area (TPSA) is 105 Å². The van der Waals surface area contributed by atoms with Crippen LogP contribution in [0.2, 0.25) is 0 Å². The average molecular weight is 462 g/mol. The molecule has 0 spiro atoms. The van der Waals surface area contributed by atoms with Gasteiger partial charge in [0.1, 0.15) is 5.75 Å². The van der Waals surface area contributed by atoms with Crippen molar-refractivity contribution in [1.82, 2.24) is 0 Å². The molecule has 0 aliphatic carbocycles. The zero-order valence-electron chi connectivity index (χ0n) is 19.5. The Bertz CT molecular complexity index is 806. The minimum Gasteiger partial charge on any atom is -0.410 e. The molecule has 0 bridgehead atoms. The molecule has 0 aromatic heterocycles. The van der Waals surface area contributed by atoms with Crippen molar-refractivity contribution in [3.05, 3.63) is 48.5 Å². The van der Waals surface area contributed by atoms with Gasteiger partial charge in [0.15, 0.2) is 0 Å². The number of carbonyl (C=O) groups is 1. The first-order chi connectivity index (χ1) is 16.1. The van der Waals surface area contributed by atoms with E-state index < -0.39 is 6.09 Å². The zero-order chi connectivity index (χ0) is 23.7. The lowest BCUT2D eigenvalue weighted by Gasteiger charge is -2.24. The number of para-hydroxylation sites is 1. The van der Waals surface area contributed by atoms with E-state index in [9.17, 15) is 4.79 Å². The molecule has 2 aromatic rings. The van der Waals surface area contributed by atoms with E-state index >= 15 is 0 Å². The minimum atomic E-state index is -0.597. The van der Waals surface area contributed by atoms with Gasteiger partial charge in [-0.2, -0.15) is 0 Å². The number of hydrogen-bond acceptors (Lipinski definition) is 8. The maximum atomic E-state index is 12.2. The maximum absolute atomic E-state index is 12.2. The van der Waals surface area contributed by atoms with Crippen LogP contribution < -0.4 is 20.7 Å². The molecule has 1 amide bonds. The Morgan fingerprint density at radius 3 is 2.18 bits per heavy atom. The summed E-state index contributed by atoms with van der Waals surface area (Å²) in [5.74, 6) is 0.458. The van der Waals surface area contributed by atoms with Crippen LogP contribution in [0.4, 0.5) is 21.9 Å². The number of rotatable bonds is 16. The summed E-state index contributed by atoms with van der Waals surface area (Å²) in [7, 11) is 1.64. The quantitative estimate of drug-likeness (QED) is 0.290. The highest BCUT2D eigenvalue weighted by Gasteiger charge is 2.11. The summed E-state index contributed by atoms with van der Waals surface area (Å²) >= 11 is 0. The van der Waals surface area contributed by atoms with Gasteiger partial charge in [-0.15, -0.1) is 0 Å². The van der Waals surface area contributed by atoms with Crippen LogP contribution in [0.15, 0.2) is 48.5 Å². The molecule has 0 saturated carbocycles. The first-order valence-electron chi connectivity index (χ1n) is 11.0. The van der Waals surface area contributed by atoms with Crippen molar-refractivity contribution in [2.45, 2.75) is 6.92 Å². The Morgan fingerprint density at radius 1 is 0.909 bits per heavy atom. The predicted molar refractivity (Wildman–Crippen MR) is 129 cm³/mol. The predicted octanol–water partition coefficient (Wildman–Crippen LogP) is 3.40. The highest BCUT2D eigenvalue weighted by atomic mass is 16.6. The van der Waals surface area contributed by atoms with E-state index in [0.29, 0.717) is 69.9 Å². The molecule has 3 N–H and O–H groups in total. The molecule has 0 unspecified atom stereocenters. The molecule has 0 fully saturated rings. The number of benzene rings is 2. The number of methoxy groups -OCH3 is 1. The van der Waals surface area contributed by atoms with Crippen LogP contribution in [0.3, 0.4) is 0 Å². The Morgan fingerprint density at radius 2 is 1.55 bits per heavy atom. The number of nitrogens with zero attached hydrogens (tertiary/aromatic N) is 1. The molecule has 33 heavy (non-hydrogen) atoms. The smallest absolute Gasteiger partial charge is 0.410 e. The maximum Gasteiger partial charge on any atom is 0.417 e. The molecule has 0 heterocycles. The van der Waals surface area contributed by atoms with E-state index in [2.05, 4.69) is 17.1 Å². The first-order valence-corrected chi connectivity index (χ1v) is 11.0. The number of nitrogens with one attached hydrogen (secondary N) is 1. The van der Waals surface area contributed by atoms with Gasteiger partial charge in [0.05, 0.1) is 57.6 Å². The lowest BCUT2D eigenvalue weighted by atomic mass is 10.2. The van der Waals surface area contributed by atoms with Gasteiger partial charge in [-0.05, 0) is 37.3 Å². The number of nitrogen functional groups attached to an aromatic ring is 1.